The van der Waals surface area contributed by atoms with Crippen molar-refractivity contribution >= 4 is 5.97 Å². The maximum absolute atomic E-state index is 14.7. The summed E-state index contributed by atoms with van der Waals surface area (Å²) in [6.07, 6.45) is 27.0. The molecule has 38 heavy (non-hydrogen) atoms. The van der Waals surface area contributed by atoms with Crippen LogP contribution in [0.25, 0.3) is 0 Å². The van der Waals surface area contributed by atoms with E-state index in [0.717, 1.165) is 55.4 Å². The van der Waals surface area contributed by atoms with Crippen molar-refractivity contribution < 1.29 is 13.9 Å². The SMILES string of the molecule is C/C=C/CCc1ccc(OC(=O)C2CCCC3CC(C4CCC(CCCCCCC)CC4)CCC32)c(F)c1. The number of rotatable bonds is 12. The van der Waals surface area contributed by atoms with Crippen LogP contribution in [0, 0.1) is 41.3 Å². The molecule has 0 N–H and O–H groups in total. The van der Waals surface area contributed by atoms with E-state index < -0.39 is 5.82 Å². The van der Waals surface area contributed by atoms with Gasteiger partial charge >= 0.3 is 5.97 Å². The summed E-state index contributed by atoms with van der Waals surface area (Å²) < 4.78 is 20.4. The number of esters is 1. The molecule has 4 atom stereocenters. The molecule has 1 aromatic carbocycles. The molecule has 0 saturated heterocycles. The maximum Gasteiger partial charge on any atom is 0.314 e. The van der Waals surface area contributed by atoms with Crippen LogP contribution in [0.15, 0.2) is 30.4 Å². The number of carbonyl (C=O) groups is 1. The molecule has 0 radical (unpaired) electrons. The standard InChI is InChI=1S/C35H53FO2/c1-3-5-7-8-10-12-26-16-19-28(20-17-26)29-21-22-31-30(25-29)14-11-15-32(31)35(37)38-34-23-18-27(24-33(34)36)13-9-6-4-2/h4,6,18,23-24,26,28-32H,3,5,7-17,19-22,25H2,1-2H3/b6-4+. The van der Waals surface area contributed by atoms with Gasteiger partial charge in [-0.1, -0.05) is 89.4 Å². The van der Waals surface area contributed by atoms with Crippen LogP contribution in [0.1, 0.15) is 129 Å². The molecule has 2 nitrogen and oxygen atoms in total. The Bertz CT molecular complexity index is 884. The summed E-state index contributed by atoms with van der Waals surface area (Å²) in [5, 5.41) is 0. The summed E-state index contributed by atoms with van der Waals surface area (Å²) in [4.78, 5) is 13.2. The number of hydrogen-bond acceptors (Lipinski definition) is 2. The van der Waals surface area contributed by atoms with Gasteiger partial charge in [0.1, 0.15) is 0 Å². The molecule has 0 heterocycles. The fourth-order valence-corrected chi connectivity index (χ4v) is 8.09. The molecule has 3 heteroatoms. The molecule has 3 aliphatic carbocycles. The van der Waals surface area contributed by atoms with E-state index in [2.05, 4.69) is 13.0 Å². The molecule has 0 bridgehead atoms. The van der Waals surface area contributed by atoms with Gasteiger partial charge in [-0.2, -0.15) is 0 Å². The van der Waals surface area contributed by atoms with Crippen LogP contribution in [-0.2, 0) is 11.2 Å². The minimum absolute atomic E-state index is 0.0630. The monoisotopic (exact) mass is 524 g/mol. The average molecular weight is 525 g/mol. The lowest BCUT2D eigenvalue weighted by Crippen LogP contribution is -2.40. The number of aryl methyl sites for hydroxylation is 1. The Morgan fingerprint density at radius 3 is 2.50 bits per heavy atom. The molecule has 3 fully saturated rings. The summed E-state index contributed by atoms with van der Waals surface area (Å²) in [5.74, 6) is 3.23. The first-order valence-electron chi connectivity index (χ1n) is 16.2. The minimum Gasteiger partial charge on any atom is -0.423 e. The largest absolute Gasteiger partial charge is 0.423 e. The Morgan fingerprint density at radius 2 is 1.74 bits per heavy atom. The Kier molecular flexibility index (Phi) is 11.8. The zero-order valence-electron chi connectivity index (χ0n) is 24.3. The molecule has 4 unspecified atom stereocenters. The molecule has 4 rings (SSSR count). The minimum atomic E-state index is -0.413. The predicted molar refractivity (Wildman–Crippen MR) is 156 cm³/mol. The van der Waals surface area contributed by atoms with Crippen molar-refractivity contribution in [2.45, 2.75) is 129 Å². The van der Waals surface area contributed by atoms with Crippen LogP contribution in [0.5, 0.6) is 5.75 Å². The molecule has 0 amide bonds. The van der Waals surface area contributed by atoms with E-state index >= 15 is 0 Å². The quantitative estimate of drug-likeness (QED) is 0.118. The highest BCUT2D eigenvalue weighted by Gasteiger charge is 2.43. The van der Waals surface area contributed by atoms with E-state index in [-0.39, 0.29) is 17.6 Å². The van der Waals surface area contributed by atoms with Crippen molar-refractivity contribution in [2.75, 3.05) is 0 Å². The fraction of sp³-hybridized carbons (Fsp3) is 0.743. The highest BCUT2D eigenvalue weighted by atomic mass is 19.1. The van der Waals surface area contributed by atoms with Crippen molar-refractivity contribution in [1.82, 2.24) is 0 Å². The summed E-state index contributed by atoms with van der Waals surface area (Å²) in [5.41, 5.74) is 0.942. The van der Waals surface area contributed by atoms with Crippen molar-refractivity contribution in [2.24, 2.45) is 35.5 Å². The lowest BCUT2D eigenvalue weighted by Gasteiger charge is -2.46. The lowest BCUT2D eigenvalue weighted by molar-refractivity contribution is -0.144. The number of carbonyl (C=O) groups excluding carboxylic acids is 1. The van der Waals surface area contributed by atoms with Gasteiger partial charge < -0.3 is 4.74 Å². The van der Waals surface area contributed by atoms with E-state index in [9.17, 15) is 9.18 Å². The van der Waals surface area contributed by atoms with Gasteiger partial charge in [-0.05, 0) is 106 Å². The second kappa shape index (κ2) is 15.2. The number of hydrogen-bond donors (Lipinski definition) is 0. The molecule has 3 saturated carbocycles. The van der Waals surface area contributed by atoms with Crippen LogP contribution in [-0.4, -0.2) is 5.97 Å². The van der Waals surface area contributed by atoms with E-state index in [0.29, 0.717) is 11.8 Å². The number of fused-ring (bicyclic) bond motifs is 1. The second-order valence-corrected chi connectivity index (χ2v) is 12.8. The highest BCUT2D eigenvalue weighted by Crippen LogP contribution is 2.50. The normalized spacial score (nSPS) is 29.8. The molecular weight excluding hydrogens is 471 g/mol. The van der Waals surface area contributed by atoms with Gasteiger partial charge in [-0.15, -0.1) is 0 Å². The molecule has 0 spiro atoms. The second-order valence-electron chi connectivity index (χ2n) is 12.8. The fourth-order valence-electron chi connectivity index (χ4n) is 8.09. The zero-order chi connectivity index (χ0) is 26.7. The average Bonchev–Trinajstić information content (AvgIpc) is 2.94. The topological polar surface area (TPSA) is 26.3 Å². The molecular formula is C35H53FO2. The van der Waals surface area contributed by atoms with Crippen LogP contribution in [0.2, 0.25) is 0 Å². The van der Waals surface area contributed by atoms with Gasteiger partial charge in [0.2, 0.25) is 0 Å². The van der Waals surface area contributed by atoms with Crippen molar-refractivity contribution in [3.63, 3.8) is 0 Å². The van der Waals surface area contributed by atoms with Gasteiger partial charge in [-0.25, -0.2) is 4.39 Å². The predicted octanol–water partition coefficient (Wildman–Crippen LogP) is 10.2. The van der Waals surface area contributed by atoms with E-state index in [1.54, 1.807) is 6.07 Å². The van der Waals surface area contributed by atoms with Crippen molar-refractivity contribution in [3.05, 3.63) is 41.7 Å². The first-order chi connectivity index (χ1) is 18.6. The third-order valence-corrected chi connectivity index (χ3v) is 10.3. The Hall–Kier alpha value is -1.64. The molecule has 3 aliphatic rings. The van der Waals surface area contributed by atoms with Crippen LogP contribution < -0.4 is 4.74 Å². The van der Waals surface area contributed by atoms with Crippen LogP contribution in [0.3, 0.4) is 0 Å². The summed E-state index contributed by atoms with van der Waals surface area (Å²) in [7, 11) is 0. The Balaban J connectivity index is 1.23. The number of benzene rings is 1. The van der Waals surface area contributed by atoms with Gasteiger partial charge in [0.15, 0.2) is 11.6 Å². The van der Waals surface area contributed by atoms with E-state index in [4.69, 9.17) is 4.74 Å². The maximum atomic E-state index is 14.7. The lowest BCUT2D eigenvalue weighted by atomic mass is 9.59. The van der Waals surface area contributed by atoms with Gasteiger partial charge in [-0.3, -0.25) is 4.79 Å². The number of unbranched alkanes of at least 4 members (excludes halogenated alkanes) is 4. The third-order valence-electron chi connectivity index (χ3n) is 10.3. The van der Waals surface area contributed by atoms with Gasteiger partial charge in [0.25, 0.3) is 0 Å². The van der Waals surface area contributed by atoms with Gasteiger partial charge in [0.05, 0.1) is 5.92 Å². The first kappa shape index (κ1) is 29.3. The summed E-state index contributed by atoms with van der Waals surface area (Å²) >= 11 is 0. The van der Waals surface area contributed by atoms with E-state index in [1.807, 2.05) is 19.1 Å². The number of halogens is 1. The summed E-state index contributed by atoms with van der Waals surface area (Å²) in [6, 6.07) is 5.07. The van der Waals surface area contributed by atoms with Crippen molar-refractivity contribution in [3.8, 4) is 5.75 Å². The smallest absolute Gasteiger partial charge is 0.314 e. The van der Waals surface area contributed by atoms with E-state index in [1.165, 1.54) is 89.5 Å². The first-order valence-corrected chi connectivity index (χ1v) is 16.2. The Labute approximate surface area is 232 Å². The van der Waals surface area contributed by atoms with Crippen molar-refractivity contribution in [1.29, 1.82) is 0 Å². The third kappa shape index (κ3) is 8.18. The number of ether oxygens (including phenoxy) is 1. The van der Waals surface area contributed by atoms with Gasteiger partial charge in [0, 0.05) is 0 Å². The molecule has 212 valence electrons. The Morgan fingerprint density at radius 1 is 0.947 bits per heavy atom. The summed E-state index contributed by atoms with van der Waals surface area (Å²) in [6.45, 7) is 4.29. The molecule has 0 aromatic heterocycles. The van der Waals surface area contributed by atoms with Crippen LogP contribution in [0.4, 0.5) is 4.39 Å². The molecule has 1 aromatic rings. The molecule has 0 aliphatic heterocycles. The highest BCUT2D eigenvalue weighted by molar-refractivity contribution is 5.75. The number of allylic oxidation sites excluding steroid dienone is 2. The van der Waals surface area contributed by atoms with Crippen LogP contribution >= 0.6 is 0 Å². The zero-order valence-corrected chi connectivity index (χ0v) is 24.3.